The Morgan fingerprint density at radius 2 is 1.95 bits per heavy atom. The van der Waals surface area contributed by atoms with E-state index in [1.165, 1.54) is 0 Å². The Labute approximate surface area is 110 Å². The molecule has 102 valence electrons. The topological polar surface area (TPSA) is 82.1 Å². The van der Waals surface area contributed by atoms with Crippen molar-refractivity contribution in [1.29, 1.82) is 0 Å². The Hall–Kier alpha value is -2.24. The Kier molecular flexibility index (Phi) is 3.33. The maximum atomic E-state index is 11.8. The Bertz CT molecular complexity index is 684. The van der Waals surface area contributed by atoms with Gasteiger partial charge in [0, 0.05) is 19.8 Å². The number of benzene rings is 1. The molecule has 2 aromatic rings. The van der Waals surface area contributed by atoms with Crippen LogP contribution >= 0.6 is 0 Å². The fraction of sp³-hybridized carbons (Fsp3) is 0.385. The summed E-state index contributed by atoms with van der Waals surface area (Å²) in [6.07, 6.45) is 0.612. The van der Waals surface area contributed by atoms with Crippen LogP contribution in [0, 0.1) is 0 Å². The number of hydrogen-bond acceptors (Lipinski definition) is 3. The average molecular weight is 262 g/mol. The van der Waals surface area contributed by atoms with Gasteiger partial charge in [-0.15, -0.1) is 0 Å². The van der Waals surface area contributed by atoms with Crippen molar-refractivity contribution in [1.82, 2.24) is 9.13 Å². The summed E-state index contributed by atoms with van der Waals surface area (Å²) in [5.74, 6) is -0.385. The molecule has 1 amide bonds. The van der Waals surface area contributed by atoms with Gasteiger partial charge in [0.05, 0.1) is 11.0 Å². The van der Waals surface area contributed by atoms with E-state index < -0.39 is 6.04 Å². The molecule has 0 aliphatic carbocycles. The van der Waals surface area contributed by atoms with Crippen LogP contribution < -0.4 is 16.7 Å². The van der Waals surface area contributed by atoms with Crippen molar-refractivity contribution < 1.29 is 4.79 Å². The summed E-state index contributed by atoms with van der Waals surface area (Å²) in [5.41, 5.74) is 7.68. The van der Waals surface area contributed by atoms with Crippen molar-refractivity contribution in [3.8, 4) is 0 Å². The third-order valence-electron chi connectivity index (χ3n) is 3.36. The highest BCUT2D eigenvalue weighted by Crippen LogP contribution is 2.18. The van der Waals surface area contributed by atoms with Crippen molar-refractivity contribution in [3.05, 3.63) is 28.7 Å². The molecule has 0 fully saturated rings. The number of nitrogens with zero attached hydrogens (tertiary/aromatic N) is 2. The van der Waals surface area contributed by atoms with E-state index in [2.05, 4.69) is 5.32 Å². The van der Waals surface area contributed by atoms with Crippen LogP contribution in [0.4, 0.5) is 5.69 Å². The minimum absolute atomic E-state index is 0.0749. The molecule has 6 heteroatoms. The highest BCUT2D eigenvalue weighted by molar-refractivity contribution is 5.85. The summed E-state index contributed by atoms with van der Waals surface area (Å²) in [5, 5.41) is 3.08. The minimum Gasteiger partial charge on any atom is -0.374 e. The van der Waals surface area contributed by atoms with Crippen molar-refractivity contribution in [3.63, 3.8) is 0 Å². The molecular formula is C13H18N4O2. The summed E-state index contributed by atoms with van der Waals surface area (Å²) >= 11 is 0. The monoisotopic (exact) mass is 262 g/mol. The van der Waals surface area contributed by atoms with Gasteiger partial charge in [0.25, 0.3) is 0 Å². The number of aromatic nitrogens is 2. The Morgan fingerprint density at radius 1 is 1.32 bits per heavy atom. The summed E-state index contributed by atoms with van der Waals surface area (Å²) in [4.78, 5) is 23.0. The van der Waals surface area contributed by atoms with Crippen LogP contribution in [-0.2, 0) is 18.9 Å². The molecule has 1 unspecified atom stereocenters. The molecule has 0 saturated carbocycles. The lowest BCUT2D eigenvalue weighted by atomic mass is 10.2. The van der Waals surface area contributed by atoms with Gasteiger partial charge in [-0.2, -0.15) is 0 Å². The number of carbonyl (C=O) groups excluding carboxylic acids is 1. The molecule has 3 N–H and O–H groups in total. The molecule has 1 heterocycles. The van der Waals surface area contributed by atoms with Crippen molar-refractivity contribution in [2.45, 2.75) is 19.4 Å². The van der Waals surface area contributed by atoms with Gasteiger partial charge in [0.1, 0.15) is 6.04 Å². The van der Waals surface area contributed by atoms with Crippen LogP contribution in [0.25, 0.3) is 11.0 Å². The minimum atomic E-state index is -0.404. The maximum Gasteiger partial charge on any atom is 0.328 e. The molecule has 0 bridgehead atoms. The number of primary amides is 1. The number of rotatable bonds is 4. The molecular weight excluding hydrogens is 244 g/mol. The van der Waals surface area contributed by atoms with Crippen LogP contribution in [0.1, 0.15) is 13.3 Å². The molecule has 0 saturated heterocycles. The largest absolute Gasteiger partial charge is 0.374 e. The SMILES string of the molecule is CCC(Nc1ccc2c(c1)n(C)c(=O)n2C)C(N)=O. The third kappa shape index (κ3) is 2.21. The number of aryl methyl sites for hydroxylation is 2. The summed E-state index contributed by atoms with van der Waals surface area (Å²) in [6.45, 7) is 1.89. The molecule has 19 heavy (non-hydrogen) atoms. The lowest BCUT2D eigenvalue weighted by molar-refractivity contribution is -0.118. The van der Waals surface area contributed by atoms with E-state index in [4.69, 9.17) is 5.73 Å². The van der Waals surface area contributed by atoms with E-state index >= 15 is 0 Å². The van der Waals surface area contributed by atoms with Gasteiger partial charge in [-0.25, -0.2) is 4.79 Å². The van der Waals surface area contributed by atoms with E-state index in [1.807, 2.05) is 25.1 Å². The fourth-order valence-corrected chi connectivity index (χ4v) is 2.17. The van der Waals surface area contributed by atoms with Gasteiger partial charge in [0.2, 0.25) is 5.91 Å². The molecule has 0 aliphatic heterocycles. The van der Waals surface area contributed by atoms with E-state index in [0.29, 0.717) is 6.42 Å². The van der Waals surface area contributed by atoms with Crippen LogP contribution in [-0.4, -0.2) is 21.1 Å². The molecule has 1 atom stereocenters. The predicted octanol–water partition coefficient (Wildman–Crippen LogP) is 0.553. The normalized spacial score (nSPS) is 12.6. The van der Waals surface area contributed by atoms with Gasteiger partial charge in [-0.05, 0) is 24.6 Å². The number of anilines is 1. The van der Waals surface area contributed by atoms with Gasteiger partial charge >= 0.3 is 5.69 Å². The standard InChI is InChI=1S/C13H18N4O2/c1-4-9(12(14)18)15-8-5-6-10-11(7-8)17(3)13(19)16(10)2/h5-7,9,15H,4H2,1-3H3,(H2,14,18). The summed E-state index contributed by atoms with van der Waals surface area (Å²) in [6, 6.07) is 5.14. The zero-order valence-corrected chi connectivity index (χ0v) is 11.3. The van der Waals surface area contributed by atoms with Gasteiger partial charge in [-0.1, -0.05) is 6.92 Å². The molecule has 0 aliphatic rings. The van der Waals surface area contributed by atoms with Crippen molar-refractivity contribution in [2.24, 2.45) is 19.8 Å². The first-order valence-electron chi connectivity index (χ1n) is 6.17. The highest BCUT2D eigenvalue weighted by Gasteiger charge is 2.13. The zero-order chi connectivity index (χ0) is 14.2. The van der Waals surface area contributed by atoms with E-state index in [9.17, 15) is 9.59 Å². The highest BCUT2D eigenvalue weighted by atomic mass is 16.2. The van der Waals surface area contributed by atoms with Gasteiger partial charge in [0.15, 0.2) is 0 Å². The molecule has 6 nitrogen and oxygen atoms in total. The molecule has 1 aromatic heterocycles. The van der Waals surface area contributed by atoms with Crippen LogP contribution in [0.2, 0.25) is 0 Å². The predicted molar refractivity (Wildman–Crippen MR) is 75.1 cm³/mol. The van der Waals surface area contributed by atoms with Crippen LogP contribution in [0.3, 0.4) is 0 Å². The molecule has 0 radical (unpaired) electrons. The summed E-state index contributed by atoms with van der Waals surface area (Å²) in [7, 11) is 3.45. The number of hydrogen-bond donors (Lipinski definition) is 2. The van der Waals surface area contributed by atoms with E-state index in [1.54, 1.807) is 23.2 Å². The first-order chi connectivity index (χ1) is 8.95. The summed E-state index contributed by atoms with van der Waals surface area (Å²) < 4.78 is 3.16. The zero-order valence-electron chi connectivity index (χ0n) is 11.3. The Morgan fingerprint density at radius 3 is 2.53 bits per heavy atom. The lowest BCUT2D eigenvalue weighted by Gasteiger charge is -2.14. The maximum absolute atomic E-state index is 11.8. The quantitative estimate of drug-likeness (QED) is 0.844. The number of imidazole rings is 1. The van der Waals surface area contributed by atoms with E-state index in [-0.39, 0.29) is 11.6 Å². The lowest BCUT2D eigenvalue weighted by Crippen LogP contribution is -2.34. The third-order valence-corrected chi connectivity index (χ3v) is 3.36. The van der Waals surface area contributed by atoms with Crippen molar-refractivity contribution in [2.75, 3.05) is 5.32 Å². The first kappa shape index (κ1) is 13.2. The number of fused-ring (bicyclic) bond motifs is 1. The van der Waals surface area contributed by atoms with Crippen molar-refractivity contribution >= 4 is 22.6 Å². The number of amides is 1. The van der Waals surface area contributed by atoms with Crippen LogP contribution in [0.5, 0.6) is 0 Å². The second-order valence-electron chi connectivity index (χ2n) is 4.61. The Balaban J connectivity index is 2.45. The molecule has 2 rings (SSSR count). The first-order valence-corrected chi connectivity index (χ1v) is 6.17. The number of nitrogens with one attached hydrogen (secondary N) is 1. The second kappa shape index (κ2) is 4.79. The van der Waals surface area contributed by atoms with Crippen LogP contribution in [0.15, 0.2) is 23.0 Å². The molecule has 1 aromatic carbocycles. The number of carbonyl (C=O) groups is 1. The van der Waals surface area contributed by atoms with Gasteiger partial charge < -0.3 is 11.1 Å². The number of nitrogens with two attached hydrogens (primary N) is 1. The molecule has 0 spiro atoms. The van der Waals surface area contributed by atoms with E-state index in [0.717, 1.165) is 16.7 Å². The van der Waals surface area contributed by atoms with Gasteiger partial charge in [-0.3, -0.25) is 13.9 Å². The fourth-order valence-electron chi connectivity index (χ4n) is 2.17. The smallest absolute Gasteiger partial charge is 0.328 e. The second-order valence-corrected chi connectivity index (χ2v) is 4.61. The average Bonchev–Trinajstić information content (AvgIpc) is 2.61.